The van der Waals surface area contributed by atoms with Gasteiger partial charge in [0.1, 0.15) is 5.75 Å². The Kier molecular flexibility index (Phi) is 6.88. The Morgan fingerprint density at radius 2 is 1.62 bits per heavy atom. The number of rotatable bonds is 6. The van der Waals surface area contributed by atoms with Gasteiger partial charge in [-0.1, -0.05) is 18.2 Å². The Balaban J connectivity index is 1.38. The van der Waals surface area contributed by atoms with E-state index >= 15 is 0 Å². The third-order valence-electron chi connectivity index (χ3n) is 5.75. The fourth-order valence-electron chi connectivity index (χ4n) is 3.91. The Morgan fingerprint density at radius 1 is 1.00 bits per heavy atom. The topological polar surface area (TPSA) is 62.7 Å². The number of thiazole rings is 1. The molecule has 0 atom stereocenters. The van der Waals surface area contributed by atoms with Crippen molar-refractivity contribution < 1.29 is 26.3 Å². The van der Waals surface area contributed by atoms with E-state index in [9.17, 15) is 21.6 Å². The number of aromatic nitrogens is 1. The number of benzene rings is 2. The maximum absolute atomic E-state index is 12.9. The van der Waals surface area contributed by atoms with Gasteiger partial charge in [0.05, 0.1) is 10.6 Å². The second-order valence-electron chi connectivity index (χ2n) is 8.08. The third-order valence-corrected chi connectivity index (χ3v) is 8.61. The summed E-state index contributed by atoms with van der Waals surface area (Å²) in [6.07, 6.45) is -4.08. The Bertz CT molecular complexity index is 1230. The van der Waals surface area contributed by atoms with Crippen molar-refractivity contribution in [2.75, 3.05) is 31.1 Å². The van der Waals surface area contributed by atoms with Crippen molar-refractivity contribution in [3.8, 4) is 5.75 Å². The van der Waals surface area contributed by atoms with E-state index in [0.717, 1.165) is 41.5 Å². The number of ether oxygens (including phenoxy) is 1. The lowest BCUT2D eigenvalue weighted by Crippen LogP contribution is -2.48. The average molecular weight is 512 g/mol. The van der Waals surface area contributed by atoms with Crippen LogP contribution in [0.25, 0.3) is 0 Å². The lowest BCUT2D eigenvalue weighted by Gasteiger charge is -2.33. The molecular weight excluding hydrogens is 487 g/mol. The molecular formula is C23H24F3N3O3S2. The molecule has 1 aliphatic heterocycles. The van der Waals surface area contributed by atoms with E-state index < -0.39 is 22.1 Å². The highest BCUT2D eigenvalue weighted by Gasteiger charge is 2.32. The molecule has 0 amide bonds. The van der Waals surface area contributed by atoms with Crippen molar-refractivity contribution in [1.29, 1.82) is 0 Å². The molecule has 0 bridgehead atoms. The molecule has 2 heterocycles. The molecule has 1 saturated heterocycles. The summed E-state index contributed by atoms with van der Waals surface area (Å²) in [7, 11) is -3.82. The van der Waals surface area contributed by atoms with Gasteiger partial charge in [0.2, 0.25) is 10.0 Å². The zero-order valence-electron chi connectivity index (χ0n) is 18.7. The minimum absolute atomic E-state index is 0.0689. The van der Waals surface area contributed by atoms with Crippen molar-refractivity contribution in [3.63, 3.8) is 0 Å². The molecule has 182 valence electrons. The highest BCUT2D eigenvalue weighted by atomic mass is 32.2. The number of hydrogen-bond acceptors (Lipinski definition) is 6. The van der Waals surface area contributed by atoms with E-state index in [1.54, 1.807) is 0 Å². The highest BCUT2D eigenvalue weighted by molar-refractivity contribution is 7.89. The van der Waals surface area contributed by atoms with E-state index in [-0.39, 0.29) is 18.0 Å². The van der Waals surface area contributed by atoms with Gasteiger partial charge in [0.15, 0.2) is 5.13 Å². The first-order chi connectivity index (χ1) is 16.0. The number of anilines is 1. The summed E-state index contributed by atoms with van der Waals surface area (Å²) in [6.45, 7) is 5.65. The van der Waals surface area contributed by atoms with E-state index in [4.69, 9.17) is 4.98 Å². The summed E-state index contributed by atoms with van der Waals surface area (Å²) in [5.41, 5.74) is 4.70. The van der Waals surface area contributed by atoms with Gasteiger partial charge in [-0.3, -0.25) is 0 Å². The maximum Gasteiger partial charge on any atom is 0.573 e. The predicted octanol–water partition coefficient (Wildman–Crippen LogP) is 4.76. The number of piperazine rings is 1. The highest BCUT2D eigenvalue weighted by Crippen LogP contribution is 2.28. The van der Waals surface area contributed by atoms with Crippen molar-refractivity contribution in [2.45, 2.75) is 31.5 Å². The lowest BCUT2D eigenvalue weighted by atomic mass is 9.99. The van der Waals surface area contributed by atoms with Crippen molar-refractivity contribution in [2.24, 2.45) is 0 Å². The number of alkyl halides is 3. The van der Waals surface area contributed by atoms with Gasteiger partial charge in [-0.15, -0.1) is 24.5 Å². The minimum atomic E-state index is -4.83. The number of hydrogen-bond donors (Lipinski definition) is 0. The van der Waals surface area contributed by atoms with Crippen LogP contribution in [-0.4, -0.2) is 50.2 Å². The summed E-state index contributed by atoms with van der Waals surface area (Å²) in [4.78, 5) is 6.76. The van der Waals surface area contributed by atoms with E-state index in [1.807, 2.05) is 11.4 Å². The predicted molar refractivity (Wildman–Crippen MR) is 125 cm³/mol. The normalized spacial score (nSPS) is 15.5. The molecule has 0 N–H and O–H groups in total. The Labute approximate surface area is 200 Å². The maximum atomic E-state index is 12.9. The summed E-state index contributed by atoms with van der Waals surface area (Å²) >= 11 is 1.54. The number of aryl methyl sites for hydroxylation is 2. The standard InChI is InChI=1S/C23H24F3N3O3S2/c1-16-4-3-5-17(2)21(16)14-18-15-33-22(27-18)28-10-12-29(13-11-28)34(30,31)20-8-6-19(7-9-20)32-23(24,25)26/h3-9,15H,10-14H2,1-2H3. The van der Waals surface area contributed by atoms with E-state index in [1.165, 1.54) is 32.3 Å². The molecule has 6 nitrogen and oxygen atoms in total. The molecule has 4 rings (SSSR count). The lowest BCUT2D eigenvalue weighted by molar-refractivity contribution is -0.274. The van der Waals surface area contributed by atoms with Crippen LogP contribution in [0.1, 0.15) is 22.4 Å². The van der Waals surface area contributed by atoms with Crippen LogP contribution in [-0.2, 0) is 16.4 Å². The van der Waals surface area contributed by atoms with Gasteiger partial charge in [-0.2, -0.15) is 4.31 Å². The smallest absolute Gasteiger partial charge is 0.406 e. The summed E-state index contributed by atoms with van der Waals surface area (Å²) in [6, 6.07) is 10.5. The number of nitrogens with zero attached hydrogens (tertiary/aromatic N) is 3. The molecule has 0 unspecified atom stereocenters. The first-order valence-electron chi connectivity index (χ1n) is 10.6. The van der Waals surface area contributed by atoms with Crippen molar-refractivity contribution in [3.05, 3.63) is 70.2 Å². The van der Waals surface area contributed by atoms with Crippen molar-refractivity contribution in [1.82, 2.24) is 9.29 Å². The van der Waals surface area contributed by atoms with Crippen LogP contribution in [0.5, 0.6) is 5.75 Å². The van der Waals surface area contributed by atoms with Crippen LogP contribution < -0.4 is 9.64 Å². The van der Waals surface area contributed by atoms with Gasteiger partial charge in [-0.05, 0) is 54.8 Å². The van der Waals surface area contributed by atoms with Crippen molar-refractivity contribution >= 4 is 26.5 Å². The summed E-state index contributed by atoms with van der Waals surface area (Å²) in [5, 5.41) is 2.89. The quantitative estimate of drug-likeness (QED) is 0.478. The van der Waals surface area contributed by atoms with Gasteiger partial charge in [-0.25, -0.2) is 13.4 Å². The Morgan fingerprint density at radius 3 is 2.21 bits per heavy atom. The molecule has 34 heavy (non-hydrogen) atoms. The monoisotopic (exact) mass is 511 g/mol. The number of halogens is 3. The zero-order chi connectivity index (χ0) is 24.5. The van der Waals surface area contributed by atoms with Crippen LogP contribution in [0.15, 0.2) is 52.7 Å². The van der Waals surface area contributed by atoms with E-state index in [0.29, 0.717) is 13.1 Å². The fourth-order valence-corrected chi connectivity index (χ4v) is 6.22. The second-order valence-corrected chi connectivity index (χ2v) is 10.9. The summed E-state index contributed by atoms with van der Waals surface area (Å²) < 4.78 is 68.0. The van der Waals surface area contributed by atoms with Crippen LogP contribution in [0.3, 0.4) is 0 Å². The largest absolute Gasteiger partial charge is 0.573 e. The Hall–Kier alpha value is -2.63. The first-order valence-corrected chi connectivity index (χ1v) is 13.0. The molecule has 0 saturated carbocycles. The van der Waals surface area contributed by atoms with Gasteiger partial charge in [0.25, 0.3) is 0 Å². The molecule has 1 aliphatic rings. The second kappa shape index (κ2) is 9.55. The third kappa shape index (κ3) is 5.53. The van der Waals surface area contributed by atoms with Gasteiger partial charge in [0, 0.05) is 38.0 Å². The SMILES string of the molecule is Cc1cccc(C)c1Cc1csc(N2CCN(S(=O)(=O)c3ccc(OC(F)(F)F)cc3)CC2)n1. The molecule has 1 aromatic heterocycles. The minimum Gasteiger partial charge on any atom is -0.406 e. The van der Waals surface area contributed by atoms with Gasteiger partial charge < -0.3 is 9.64 Å². The molecule has 1 fully saturated rings. The fraction of sp³-hybridized carbons (Fsp3) is 0.348. The molecule has 0 spiro atoms. The number of sulfonamides is 1. The molecule has 0 aliphatic carbocycles. The zero-order valence-corrected chi connectivity index (χ0v) is 20.3. The molecule has 3 aromatic rings. The average Bonchev–Trinajstić information content (AvgIpc) is 3.24. The summed E-state index contributed by atoms with van der Waals surface area (Å²) in [5.74, 6) is -0.461. The first kappa shape index (κ1) is 24.5. The van der Waals surface area contributed by atoms with Crippen LogP contribution in [0.2, 0.25) is 0 Å². The van der Waals surface area contributed by atoms with Gasteiger partial charge >= 0.3 is 6.36 Å². The molecule has 2 aromatic carbocycles. The van der Waals surface area contributed by atoms with Crippen LogP contribution in [0.4, 0.5) is 18.3 Å². The van der Waals surface area contributed by atoms with E-state index in [2.05, 4.69) is 35.6 Å². The molecule has 11 heteroatoms. The van der Waals surface area contributed by atoms with Crippen LogP contribution >= 0.6 is 11.3 Å². The van der Waals surface area contributed by atoms with Crippen LogP contribution in [0, 0.1) is 13.8 Å². The molecule has 0 radical (unpaired) electrons.